The number of esters is 2. The van der Waals surface area contributed by atoms with Crippen LogP contribution in [0, 0.1) is 0 Å². The van der Waals surface area contributed by atoms with Crippen molar-refractivity contribution >= 4 is 17.9 Å². The highest BCUT2D eigenvalue weighted by molar-refractivity contribution is 5.73. The average molecular weight is 703 g/mol. The molecule has 0 aromatic heterocycles. The number of unbranched alkanes of at least 4 members (excludes halogenated alkanes) is 21. The van der Waals surface area contributed by atoms with E-state index >= 15 is 0 Å². The number of aliphatic hydroxyl groups is 3. The van der Waals surface area contributed by atoms with Gasteiger partial charge in [-0.3, -0.25) is 9.59 Å². The van der Waals surface area contributed by atoms with Gasteiger partial charge in [-0.15, -0.1) is 0 Å². The Morgan fingerprint density at radius 3 is 1.39 bits per heavy atom. The summed E-state index contributed by atoms with van der Waals surface area (Å²) in [6, 6.07) is 0. The third kappa shape index (κ3) is 22.6. The summed E-state index contributed by atoms with van der Waals surface area (Å²) in [6.45, 7) is 3.77. The molecule has 1 heterocycles. The molecule has 1 aliphatic rings. The van der Waals surface area contributed by atoms with Crippen LogP contribution in [0.3, 0.4) is 0 Å². The maximum atomic E-state index is 12.6. The molecule has 6 unspecified atom stereocenters. The first kappa shape index (κ1) is 45.2. The van der Waals surface area contributed by atoms with E-state index in [0.29, 0.717) is 12.8 Å². The number of rotatable bonds is 32. The normalized spacial score (nSPS) is 21.4. The largest absolute Gasteiger partial charge is 0.479 e. The molecular formula is C38H70O11. The standard InChI is InChI=1S/C38H70O11/c1-3-5-7-9-11-13-14-15-16-17-19-20-22-24-26-31(39)46-28-30(48-32(40)27-25-23-21-18-12-10-8-6-4-2)29-47-38-35(43)33(41)34(42)36(49-38)37(44)45/h30,33-36,38,41-43H,3-29H2,1-2H3,(H,44,45). The minimum absolute atomic E-state index is 0.188. The third-order valence-electron chi connectivity index (χ3n) is 9.21. The topological polar surface area (TPSA) is 169 Å². The Balaban J connectivity index is 2.41. The molecule has 1 aliphatic heterocycles. The molecule has 1 rings (SSSR count). The number of aliphatic hydroxyl groups excluding tert-OH is 3. The van der Waals surface area contributed by atoms with E-state index in [0.717, 1.165) is 38.5 Å². The molecule has 1 fully saturated rings. The van der Waals surface area contributed by atoms with Gasteiger partial charge in [0.25, 0.3) is 0 Å². The Morgan fingerprint density at radius 1 is 0.551 bits per heavy atom. The van der Waals surface area contributed by atoms with Crippen molar-refractivity contribution in [1.29, 1.82) is 0 Å². The van der Waals surface area contributed by atoms with Crippen molar-refractivity contribution in [2.45, 2.75) is 211 Å². The van der Waals surface area contributed by atoms with Crippen molar-refractivity contribution in [2.75, 3.05) is 13.2 Å². The summed E-state index contributed by atoms with van der Waals surface area (Å²) in [5.41, 5.74) is 0. The first-order valence-corrected chi connectivity index (χ1v) is 19.6. The maximum Gasteiger partial charge on any atom is 0.335 e. The molecule has 4 N–H and O–H groups in total. The minimum Gasteiger partial charge on any atom is -0.479 e. The van der Waals surface area contributed by atoms with E-state index in [1.807, 2.05) is 0 Å². The van der Waals surface area contributed by atoms with Crippen LogP contribution >= 0.6 is 0 Å². The first-order chi connectivity index (χ1) is 23.7. The molecule has 0 saturated carbocycles. The highest BCUT2D eigenvalue weighted by atomic mass is 16.7. The molecule has 11 nitrogen and oxygen atoms in total. The van der Waals surface area contributed by atoms with Crippen LogP contribution in [0.5, 0.6) is 0 Å². The van der Waals surface area contributed by atoms with Crippen molar-refractivity contribution in [2.24, 2.45) is 0 Å². The Kier molecular flexibility index (Phi) is 27.6. The van der Waals surface area contributed by atoms with E-state index in [1.165, 1.54) is 96.3 Å². The Morgan fingerprint density at radius 2 is 0.959 bits per heavy atom. The quantitative estimate of drug-likeness (QED) is 0.0415. The summed E-state index contributed by atoms with van der Waals surface area (Å²) < 4.78 is 21.6. The molecule has 11 heteroatoms. The van der Waals surface area contributed by atoms with Gasteiger partial charge in [-0.25, -0.2) is 4.79 Å². The second kappa shape index (κ2) is 29.9. The summed E-state index contributed by atoms with van der Waals surface area (Å²) in [5, 5.41) is 39.6. The van der Waals surface area contributed by atoms with Gasteiger partial charge in [0, 0.05) is 12.8 Å². The van der Waals surface area contributed by atoms with Gasteiger partial charge in [-0.05, 0) is 12.8 Å². The number of aliphatic carboxylic acids is 1. The van der Waals surface area contributed by atoms with Crippen LogP contribution in [0.1, 0.15) is 174 Å². The zero-order chi connectivity index (χ0) is 36.1. The predicted octanol–water partition coefficient (Wildman–Crippen LogP) is 7.14. The molecule has 288 valence electrons. The molecule has 1 saturated heterocycles. The van der Waals surface area contributed by atoms with Crippen LogP contribution in [-0.2, 0) is 33.3 Å². The van der Waals surface area contributed by atoms with Crippen molar-refractivity contribution in [3.05, 3.63) is 0 Å². The van der Waals surface area contributed by atoms with Gasteiger partial charge in [0.2, 0.25) is 0 Å². The second-order valence-corrected chi connectivity index (χ2v) is 13.8. The SMILES string of the molecule is CCCCCCCCCCCCCCCCC(=O)OCC(COC1OC(C(=O)O)C(O)C(O)C1O)OC(=O)CCCCCCCCCCC. The summed E-state index contributed by atoms with van der Waals surface area (Å²) in [5.74, 6) is -2.44. The van der Waals surface area contributed by atoms with Crippen LogP contribution in [0.15, 0.2) is 0 Å². The maximum absolute atomic E-state index is 12.6. The van der Waals surface area contributed by atoms with Crippen molar-refractivity contribution < 1.29 is 53.8 Å². The molecule has 0 aromatic rings. The van der Waals surface area contributed by atoms with Gasteiger partial charge >= 0.3 is 17.9 Å². The lowest BCUT2D eigenvalue weighted by molar-refractivity contribution is -0.298. The Hall–Kier alpha value is -1.79. The smallest absolute Gasteiger partial charge is 0.335 e. The van der Waals surface area contributed by atoms with Crippen LogP contribution in [0.4, 0.5) is 0 Å². The van der Waals surface area contributed by atoms with Gasteiger partial charge < -0.3 is 39.4 Å². The van der Waals surface area contributed by atoms with Gasteiger partial charge in [0.05, 0.1) is 6.61 Å². The summed E-state index contributed by atoms with van der Waals surface area (Å²) in [7, 11) is 0. The zero-order valence-corrected chi connectivity index (χ0v) is 30.7. The second-order valence-electron chi connectivity index (χ2n) is 13.8. The molecule has 0 radical (unpaired) electrons. The predicted molar refractivity (Wildman–Crippen MR) is 188 cm³/mol. The number of carbonyl (C=O) groups excluding carboxylic acids is 2. The van der Waals surface area contributed by atoms with E-state index in [4.69, 9.17) is 18.9 Å². The highest BCUT2D eigenvalue weighted by Crippen LogP contribution is 2.23. The molecular weight excluding hydrogens is 632 g/mol. The monoisotopic (exact) mass is 702 g/mol. The fourth-order valence-corrected chi connectivity index (χ4v) is 6.05. The summed E-state index contributed by atoms with van der Waals surface area (Å²) in [4.78, 5) is 36.5. The lowest BCUT2D eigenvalue weighted by atomic mass is 9.99. The molecule has 0 bridgehead atoms. The molecule has 49 heavy (non-hydrogen) atoms. The first-order valence-electron chi connectivity index (χ1n) is 19.6. The molecule has 0 aromatic carbocycles. The van der Waals surface area contributed by atoms with Gasteiger partial charge in [0.1, 0.15) is 24.9 Å². The van der Waals surface area contributed by atoms with Crippen LogP contribution < -0.4 is 0 Å². The van der Waals surface area contributed by atoms with Crippen molar-refractivity contribution in [3.8, 4) is 0 Å². The fourth-order valence-electron chi connectivity index (χ4n) is 6.05. The zero-order valence-electron chi connectivity index (χ0n) is 30.7. The van der Waals surface area contributed by atoms with E-state index in [-0.39, 0.29) is 26.1 Å². The van der Waals surface area contributed by atoms with Gasteiger partial charge in [0.15, 0.2) is 18.5 Å². The Bertz CT molecular complexity index is 839. The number of hydrogen-bond donors (Lipinski definition) is 4. The van der Waals surface area contributed by atoms with E-state index in [9.17, 15) is 34.8 Å². The van der Waals surface area contributed by atoms with Crippen molar-refractivity contribution in [1.82, 2.24) is 0 Å². The lowest BCUT2D eigenvalue weighted by Gasteiger charge is -2.38. The summed E-state index contributed by atoms with van der Waals surface area (Å²) >= 11 is 0. The molecule has 0 amide bonds. The van der Waals surface area contributed by atoms with Crippen molar-refractivity contribution in [3.63, 3.8) is 0 Å². The van der Waals surface area contributed by atoms with Crippen LogP contribution in [0.2, 0.25) is 0 Å². The highest BCUT2D eigenvalue weighted by Gasteiger charge is 2.47. The van der Waals surface area contributed by atoms with Gasteiger partial charge in [-0.1, -0.05) is 149 Å². The number of ether oxygens (including phenoxy) is 4. The van der Waals surface area contributed by atoms with E-state index in [2.05, 4.69) is 13.8 Å². The molecule has 0 aliphatic carbocycles. The average Bonchev–Trinajstić information content (AvgIpc) is 3.08. The lowest BCUT2D eigenvalue weighted by Crippen LogP contribution is -2.60. The number of carbonyl (C=O) groups is 3. The number of hydrogen-bond acceptors (Lipinski definition) is 10. The third-order valence-corrected chi connectivity index (χ3v) is 9.21. The summed E-state index contributed by atoms with van der Waals surface area (Å²) in [6.07, 6.45) is 17.5. The van der Waals surface area contributed by atoms with Gasteiger partial charge in [-0.2, -0.15) is 0 Å². The van der Waals surface area contributed by atoms with Crippen LogP contribution in [0.25, 0.3) is 0 Å². The number of carboxylic acids is 1. The Labute approximate surface area is 295 Å². The van der Waals surface area contributed by atoms with Crippen LogP contribution in [-0.4, -0.2) is 88.4 Å². The molecule has 0 spiro atoms. The molecule has 6 atom stereocenters. The fraction of sp³-hybridized carbons (Fsp3) is 0.921. The van der Waals surface area contributed by atoms with E-state index in [1.54, 1.807) is 0 Å². The number of carboxylic acid groups (broad SMARTS) is 1. The van der Waals surface area contributed by atoms with E-state index < -0.39 is 54.7 Å². The minimum atomic E-state index is -1.85.